The van der Waals surface area contributed by atoms with Crippen molar-refractivity contribution in [3.8, 4) is 5.75 Å². The summed E-state index contributed by atoms with van der Waals surface area (Å²) in [6.07, 6.45) is 4.43. The molecule has 28 heavy (non-hydrogen) atoms. The van der Waals surface area contributed by atoms with Gasteiger partial charge in [0.05, 0.1) is 12.6 Å². The van der Waals surface area contributed by atoms with Gasteiger partial charge in [-0.3, -0.25) is 4.99 Å². The van der Waals surface area contributed by atoms with Gasteiger partial charge in [-0.2, -0.15) is 0 Å². The van der Waals surface area contributed by atoms with Crippen LogP contribution in [0.2, 0.25) is 0 Å². The first-order valence-electron chi connectivity index (χ1n) is 10.1. The van der Waals surface area contributed by atoms with Crippen LogP contribution in [-0.2, 0) is 23.8 Å². The highest BCUT2D eigenvalue weighted by Crippen LogP contribution is 2.52. The number of hydrogen-bond donors (Lipinski definition) is 1. The lowest BCUT2D eigenvalue weighted by molar-refractivity contribution is 0.234. The SMILES string of the molecule is COc1ccc(CC2CCc3sc(C(C)(C)C)cc3C23CCSC(N)=N3)cc1. The second kappa shape index (κ2) is 7.42. The summed E-state index contributed by atoms with van der Waals surface area (Å²) in [6, 6.07) is 11.0. The monoisotopic (exact) mass is 414 g/mol. The summed E-state index contributed by atoms with van der Waals surface area (Å²) in [5.41, 5.74) is 9.10. The van der Waals surface area contributed by atoms with Crippen molar-refractivity contribution in [3.05, 3.63) is 51.2 Å². The van der Waals surface area contributed by atoms with Crippen molar-refractivity contribution in [1.82, 2.24) is 0 Å². The minimum atomic E-state index is -0.164. The molecule has 0 amide bonds. The number of nitrogens with zero attached hydrogens (tertiary/aromatic N) is 1. The molecule has 1 spiro atoms. The Hall–Kier alpha value is -1.46. The first kappa shape index (κ1) is 19.8. The van der Waals surface area contributed by atoms with E-state index in [1.807, 2.05) is 11.3 Å². The molecule has 2 aromatic rings. The number of fused-ring (bicyclic) bond motifs is 2. The maximum Gasteiger partial charge on any atom is 0.154 e. The van der Waals surface area contributed by atoms with Crippen LogP contribution in [0, 0.1) is 5.92 Å². The number of nitrogens with two attached hydrogens (primary N) is 1. The van der Waals surface area contributed by atoms with Gasteiger partial charge in [-0.05, 0) is 66.3 Å². The molecular formula is C23H30N2OS2. The van der Waals surface area contributed by atoms with Gasteiger partial charge in [-0.1, -0.05) is 44.7 Å². The number of benzene rings is 1. The Bertz CT molecular complexity index is 879. The molecule has 150 valence electrons. The van der Waals surface area contributed by atoms with Crippen molar-refractivity contribution >= 4 is 28.3 Å². The smallest absolute Gasteiger partial charge is 0.154 e. The summed E-state index contributed by atoms with van der Waals surface area (Å²) < 4.78 is 5.32. The number of aliphatic imine (C=N–C) groups is 1. The normalized spacial score (nSPS) is 24.7. The van der Waals surface area contributed by atoms with Gasteiger partial charge < -0.3 is 10.5 Å². The third kappa shape index (κ3) is 3.59. The van der Waals surface area contributed by atoms with Crippen LogP contribution in [0.1, 0.15) is 54.5 Å². The zero-order valence-electron chi connectivity index (χ0n) is 17.2. The molecule has 0 saturated heterocycles. The van der Waals surface area contributed by atoms with E-state index in [1.54, 1.807) is 18.9 Å². The zero-order chi connectivity index (χ0) is 19.9. The van der Waals surface area contributed by atoms with Crippen molar-refractivity contribution < 1.29 is 4.74 Å². The number of thiophene rings is 1. The minimum absolute atomic E-state index is 0.164. The van der Waals surface area contributed by atoms with Gasteiger partial charge in [0.1, 0.15) is 5.75 Å². The number of thioether (sulfide) groups is 1. The van der Waals surface area contributed by atoms with Gasteiger partial charge in [-0.15, -0.1) is 11.3 Å². The number of amidine groups is 1. The summed E-state index contributed by atoms with van der Waals surface area (Å²) in [5, 5.41) is 0.752. The van der Waals surface area contributed by atoms with Gasteiger partial charge in [0.2, 0.25) is 0 Å². The predicted molar refractivity (Wildman–Crippen MR) is 122 cm³/mol. The molecule has 1 aromatic heterocycles. The molecule has 2 unspecified atom stereocenters. The van der Waals surface area contributed by atoms with E-state index >= 15 is 0 Å². The number of ether oxygens (including phenoxy) is 1. The number of hydrogen-bond acceptors (Lipinski definition) is 5. The fraction of sp³-hybridized carbons (Fsp3) is 0.522. The Morgan fingerprint density at radius 2 is 2.00 bits per heavy atom. The molecule has 0 bridgehead atoms. The lowest BCUT2D eigenvalue weighted by Gasteiger charge is -2.43. The fourth-order valence-electron chi connectivity index (χ4n) is 4.52. The van der Waals surface area contributed by atoms with E-state index in [0.29, 0.717) is 5.92 Å². The quantitative estimate of drug-likeness (QED) is 0.721. The summed E-state index contributed by atoms with van der Waals surface area (Å²) in [6.45, 7) is 6.92. The molecule has 1 aromatic carbocycles. The summed E-state index contributed by atoms with van der Waals surface area (Å²) in [7, 11) is 1.72. The second-order valence-corrected chi connectivity index (χ2v) is 11.2. The van der Waals surface area contributed by atoms with E-state index in [2.05, 4.69) is 51.1 Å². The standard InChI is InChI=1S/C23H30N2OS2/c1-22(2,3)20-14-18-19(28-20)10-7-16(23(18)11-12-27-21(24)25-23)13-15-5-8-17(26-4)9-6-15/h5-6,8-9,14,16H,7,10-13H2,1-4H3,(H2,24,25). The van der Waals surface area contributed by atoms with Gasteiger partial charge in [0.15, 0.2) is 5.17 Å². The Kier molecular flexibility index (Phi) is 5.25. The first-order valence-corrected chi connectivity index (χ1v) is 11.9. The third-order valence-corrected chi connectivity index (χ3v) is 8.51. The Morgan fingerprint density at radius 1 is 1.25 bits per heavy atom. The molecule has 2 atom stereocenters. The van der Waals surface area contributed by atoms with E-state index in [1.165, 1.54) is 27.3 Å². The Morgan fingerprint density at radius 3 is 2.64 bits per heavy atom. The average molecular weight is 415 g/mol. The van der Waals surface area contributed by atoms with Crippen molar-refractivity contribution in [2.45, 2.75) is 57.4 Å². The molecule has 0 fully saturated rings. The van der Waals surface area contributed by atoms with E-state index < -0.39 is 0 Å². The highest BCUT2D eigenvalue weighted by Gasteiger charge is 2.47. The number of aryl methyl sites for hydroxylation is 1. The van der Waals surface area contributed by atoms with Crippen LogP contribution < -0.4 is 10.5 Å². The molecule has 2 heterocycles. The Balaban J connectivity index is 1.74. The third-order valence-electron chi connectivity index (χ3n) is 6.09. The van der Waals surface area contributed by atoms with Gasteiger partial charge in [0, 0.05) is 15.5 Å². The highest BCUT2D eigenvalue weighted by molar-refractivity contribution is 8.13. The molecule has 1 aliphatic heterocycles. The van der Waals surface area contributed by atoms with Gasteiger partial charge >= 0.3 is 0 Å². The summed E-state index contributed by atoms with van der Waals surface area (Å²) >= 11 is 3.69. The van der Waals surface area contributed by atoms with Crippen molar-refractivity contribution in [3.63, 3.8) is 0 Å². The maximum atomic E-state index is 6.28. The van der Waals surface area contributed by atoms with E-state index in [0.717, 1.165) is 35.9 Å². The molecule has 2 aliphatic rings. The predicted octanol–water partition coefficient (Wildman–Crippen LogP) is 5.51. The highest BCUT2D eigenvalue weighted by atomic mass is 32.2. The van der Waals surface area contributed by atoms with Gasteiger partial charge in [-0.25, -0.2) is 0 Å². The average Bonchev–Trinajstić information content (AvgIpc) is 3.11. The minimum Gasteiger partial charge on any atom is -0.497 e. The fourth-order valence-corrected chi connectivity index (χ4v) is 6.68. The second-order valence-electron chi connectivity index (χ2n) is 8.96. The molecular weight excluding hydrogens is 384 g/mol. The summed E-state index contributed by atoms with van der Waals surface area (Å²) in [5.74, 6) is 2.44. The first-order chi connectivity index (χ1) is 13.3. The molecule has 0 radical (unpaired) electrons. The van der Waals surface area contributed by atoms with Crippen molar-refractivity contribution in [2.24, 2.45) is 16.6 Å². The van der Waals surface area contributed by atoms with Gasteiger partial charge in [0.25, 0.3) is 0 Å². The molecule has 2 N–H and O–H groups in total. The molecule has 1 aliphatic carbocycles. The Labute approximate surface area is 176 Å². The molecule has 4 rings (SSSR count). The lowest BCUT2D eigenvalue weighted by Crippen LogP contribution is -2.42. The van der Waals surface area contributed by atoms with Crippen LogP contribution in [0.25, 0.3) is 0 Å². The van der Waals surface area contributed by atoms with Crippen LogP contribution in [0.15, 0.2) is 35.3 Å². The van der Waals surface area contributed by atoms with E-state index in [4.69, 9.17) is 15.5 Å². The van der Waals surface area contributed by atoms with E-state index in [9.17, 15) is 0 Å². The zero-order valence-corrected chi connectivity index (χ0v) is 18.9. The topological polar surface area (TPSA) is 47.6 Å². The van der Waals surface area contributed by atoms with Crippen LogP contribution in [0.3, 0.4) is 0 Å². The largest absolute Gasteiger partial charge is 0.497 e. The molecule has 0 saturated carbocycles. The lowest BCUT2D eigenvalue weighted by atomic mass is 9.68. The van der Waals surface area contributed by atoms with Crippen molar-refractivity contribution in [2.75, 3.05) is 12.9 Å². The summed E-state index contributed by atoms with van der Waals surface area (Å²) in [4.78, 5) is 8.15. The van der Waals surface area contributed by atoms with Crippen molar-refractivity contribution in [1.29, 1.82) is 0 Å². The maximum absolute atomic E-state index is 6.28. The number of methoxy groups -OCH3 is 1. The number of rotatable bonds is 3. The van der Waals surface area contributed by atoms with Crippen LogP contribution in [0.5, 0.6) is 5.75 Å². The van der Waals surface area contributed by atoms with Crippen LogP contribution in [0.4, 0.5) is 0 Å². The van der Waals surface area contributed by atoms with Crippen LogP contribution >= 0.6 is 23.1 Å². The van der Waals surface area contributed by atoms with Crippen LogP contribution in [-0.4, -0.2) is 18.0 Å². The van der Waals surface area contributed by atoms with E-state index in [-0.39, 0.29) is 11.0 Å². The molecule has 5 heteroatoms. The molecule has 3 nitrogen and oxygen atoms in total.